The number of ketones is 1. The summed E-state index contributed by atoms with van der Waals surface area (Å²) in [6, 6.07) is 0. The lowest BCUT2D eigenvalue weighted by Gasteiger charge is -2.36. The second kappa shape index (κ2) is 14.6. The van der Waals surface area contributed by atoms with Gasteiger partial charge in [-0.1, -0.05) is 33.6 Å². The quantitative estimate of drug-likeness (QED) is 0.229. The summed E-state index contributed by atoms with van der Waals surface area (Å²) in [7, 11) is 0. The fraction of sp³-hybridized carbons (Fsp3) is 0.750. The van der Waals surface area contributed by atoms with Crippen molar-refractivity contribution in [2.45, 2.75) is 130 Å². The van der Waals surface area contributed by atoms with Gasteiger partial charge >= 0.3 is 5.97 Å². The molecule has 2 aliphatic rings. The number of unbranched alkanes of at least 4 members (excludes halogenated alkanes) is 1. The predicted molar refractivity (Wildman–Crippen MR) is 163 cm³/mol. The van der Waals surface area contributed by atoms with E-state index in [-0.39, 0.29) is 35.7 Å². The first-order chi connectivity index (χ1) is 19.6. The fourth-order valence-electron chi connectivity index (χ4n) is 5.92. The van der Waals surface area contributed by atoms with Crippen molar-refractivity contribution in [3.05, 3.63) is 21.7 Å². The highest BCUT2D eigenvalue weighted by Crippen LogP contribution is 2.45. The molecule has 3 heterocycles. The van der Waals surface area contributed by atoms with E-state index in [2.05, 4.69) is 17.2 Å². The molecular weight excluding hydrogens is 556 g/mol. The van der Waals surface area contributed by atoms with Crippen LogP contribution >= 0.6 is 11.3 Å². The van der Waals surface area contributed by atoms with Crippen molar-refractivity contribution in [1.29, 1.82) is 0 Å². The molecule has 1 aromatic rings. The average molecular weight is 607 g/mol. The molecule has 0 aromatic carbocycles. The van der Waals surface area contributed by atoms with Gasteiger partial charge in [0.15, 0.2) is 0 Å². The molecular formula is C32H50N2O7S. The third-order valence-electron chi connectivity index (χ3n) is 9.07. The molecule has 10 heteroatoms. The van der Waals surface area contributed by atoms with Gasteiger partial charge in [-0.25, -0.2) is 4.98 Å². The maximum Gasteiger partial charge on any atom is 0.309 e. The van der Waals surface area contributed by atoms with Gasteiger partial charge in [-0.15, -0.1) is 11.3 Å². The molecule has 42 heavy (non-hydrogen) atoms. The van der Waals surface area contributed by atoms with E-state index in [1.807, 2.05) is 32.2 Å². The standard InChI is InChI=1S/C32H50N2O7S/c1-19-11-10-13-32(7)27(41-32)16-25(20(2)15-23-18-42-22(4)34-23)40-28(37)17-26(36)31(5,6)30(39)24(29(19)38)12-8-9-14-33-21(3)35/h15,18-19,24-27,29,36,38H,8-14,16-17H2,1-7H3,(H,33,35)/b20-15+/t19-,24+,25-,26-,27-,29-,32+/m0/s1. The Morgan fingerprint density at radius 2 is 1.93 bits per heavy atom. The molecule has 236 valence electrons. The van der Waals surface area contributed by atoms with Gasteiger partial charge in [0.05, 0.1) is 46.5 Å². The molecule has 9 nitrogen and oxygen atoms in total. The van der Waals surface area contributed by atoms with Crippen LogP contribution < -0.4 is 5.32 Å². The monoisotopic (exact) mass is 606 g/mol. The molecule has 0 saturated carbocycles. The van der Waals surface area contributed by atoms with Crippen LogP contribution in [0.2, 0.25) is 0 Å². The van der Waals surface area contributed by atoms with Gasteiger partial charge in [-0.05, 0) is 64.0 Å². The minimum Gasteiger partial charge on any atom is -0.458 e. The predicted octanol–water partition coefficient (Wildman–Crippen LogP) is 4.76. The van der Waals surface area contributed by atoms with E-state index in [9.17, 15) is 24.6 Å². The van der Waals surface area contributed by atoms with Crippen molar-refractivity contribution in [3.8, 4) is 0 Å². The van der Waals surface area contributed by atoms with Crippen molar-refractivity contribution >= 4 is 35.1 Å². The number of rotatable bonds is 7. The number of ether oxygens (including phenoxy) is 2. The van der Waals surface area contributed by atoms with Crippen LogP contribution in [0.5, 0.6) is 0 Å². The van der Waals surface area contributed by atoms with E-state index in [4.69, 9.17) is 9.47 Å². The van der Waals surface area contributed by atoms with Gasteiger partial charge in [-0.2, -0.15) is 0 Å². The molecule has 2 saturated heterocycles. The summed E-state index contributed by atoms with van der Waals surface area (Å²) in [6.45, 7) is 13.1. The summed E-state index contributed by atoms with van der Waals surface area (Å²) in [4.78, 5) is 42.8. The highest BCUT2D eigenvalue weighted by Gasteiger charge is 2.53. The Labute approximate surface area is 254 Å². The van der Waals surface area contributed by atoms with Crippen molar-refractivity contribution in [2.24, 2.45) is 17.3 Å². The van der Waals surface area contributed by atoms with Crippen LogP contribution in [0.25, 0.3) is 6.08 Å². The SMILES string of the molecule is CC(=O)NCCCC[C@H]1C(=O)C(C)(C)[C@@H](O)CC(=O)O[C@H](/C(C)=C/c2csc(C)n2)C[C@@H]2O[C@]2(C)CCC[C@H](C)[C@@H]1O. The number of hydrogen-bond donors (Lipinski definition) is 3. The number of epoxide rings is 1. The topological polar surface area (TPSA) is 138 Å². The lowest BCUT2D eigenvalue weighted by atomic mass is 9.71. The number of carbonyl (C=O) groups excluding carboxylic acids is 3. The number of aryl methyl sites for hydroxylation is 1. The second-order valence-corrected chi connectivity index (χ2v) is 14.1. The average Bonchev–Trinajstić information content (AvgIpc) is 3.35. The number of carbonyl (C=O) groups is 3. The number of Topliss-reactive ketones (excluding diaryl/α,β-unsaturated/α-hetero) is 1. The van der Waals surface area contributed by atoms with Crippen molar-refractivity contribution in [3.63, 3.8) is 0 Å². The van der Waals surface area contributed by atoms with E-state index in [0.29, 0.717) is 32.2 Å². The Morgan fingerprint density at radius 1 is 1.21 bits per heavy atom. The zero-order valence-corrected chi connectivity index (χ0v) is 27.1. The summed E-state index contributed by atoms with van der Waals surface area (Å²) in [5.74, 6) is -1.81. The van der Waals surface area contributed by atoms with Gasteiger partial charge in [0.1, 0.15) is 11.9 Å². The van der Waals surface area contributed by atoms with Crippen LogP contribution in [0.4, 0.5) is 0 Å². The number of nitrogens with one attached hydrogen (secondary N) is 1. The number of aliphatic hydroxyl groups excluding tert-OH is 2. The molecule has 0 spiro atoms. The van der Waals surface area contributed by atoms with Gasteiger partial charge in [0.25, 0.3) is 0 Å². The Morgan fingerprint density at radius 3 is 2.57 bits per heavy atom. The molecule has 3 rings (SSSR count). The second-order valence-electron chi connectivity index (χ2n) is 13.1. The zero-order chi connectivity index (χ0) is 31.2. The molecule has 2 aliphatic heterocycles. The number of nitrogens with zero attached hydrogens (tertiary/aromatic N) is 1. The van der Waals surface area contributed by atoms with Crippen molar-refractivity contribution in [2.75, 3.05) is 6.54 Å². The smallest absolute Gasteiger partial charge is 0.309 e. The van der Waals surface area contributed by atoms with E-state index < -0.39 is 35.6 Å². The summed E-state index contributed by atoms with van der Waals surface area (Å²) in [5, 5.41) is 28.2. The normalized spacial score (nSPS) is 33.0. The first kappa shape index (κ1) is 34.4. The van der Waals surface area contributed by atoms with Crippen LogP contribution in [-0.2, 0) is 23.9 Å². The Bertz CT molecular complexity index is 1130. The van der Waals surface area contributed by atoms with Gasteiger partial charge < -0.3 is 25.0 Å². The van der Waals surface area contributed by atoms with Crippen molar-refractivity contribution in [1.82, 2.24) is 10.3 Å². The van der Waals surface area contributed by atoms with Crippen molar-refractivity contribution < 1.29 is 34.1 Å². The highest BCUT2D eigenvalue weighted by atomic mass is 32.1. The fourth-order valence-corrected chi connectivity index (χ4v) is 6.49. The first-order valence-electron chi connectivity index (χ1n) is 15.3. The lowest BCUT2D eigenvalue weighted by Crippen LogP contribution is -2.46. The Kier molecular flexibility index (Phi) is 11.9. The number of aromatic nitrogens is 1. The van der Waals surface area contributed by atoms with Crippen LogP contribution in [0.1, 0.15) is 104 Å². The summed E-state index contributed by atoms with van der Waals surface area (Å²) in [5.41, 5.74) is 0.0220. The third kappa shape index (κ3) is 9.18. The largest absolute Gasteiger partial charge is 0.458 e. The summed E-state index contributed by atoms with van der Waals surface area (Å²) in [6.07, 6.45) is 3.33. The molecule has 3 N–H and O–H groups in total. The van der Waals surface area contributed by atoms with E-state index in [1.54, 1.807) is 25.2 Å². The van der Waals surface area contributed by atoms with Gasteiger partial charge in [0, 0.05) is 31.2 Å². The molecule has 0 bridgehead atoms. The van der Waals surface area contributed by atoms with E-state index in [0.717, 1.165) is 35.5 Å². The first-order valence-corrected chi connectivity index (χ1v) is 16.1. The number of fused-ring (bicyclic) bond motifs is 1. The van der Waals surface area contributed by atoms with Crippen LogP contribution in [0.15, 0.2) is 11.0 Å². The number of cyclic esters (lactones) is 1. The number of amides is 1. The maximum absolute atomic E-state index is 13.9. The zero-order valence-electron chi connectivity index (χ0n) is 26.3. The molecule has 0 radical (unpaired) electrons. The van der Waals surface area contributed by atoms with Crippen LogP contribution in [-0.4, -0.2) is 69.4 Å². The minimum atomic E-state index is -1.29. The number of aliphatic hydroxyl groups is 2. The number of esters is 1. The maximum atomic E-state index is 13.9. The van der Waals surface area contributed by atoms with Gasteiger partial charge in [0.2, 0.25) is 5.91 Å². The molecule has 7 atom stereocenters. The van der Waals surface area contributed by atoms with E-state index in [1.165, 1.54) is 6.92 Å². The molecule has 1 aromatic heterocycles. The highest BCUT2D eigenvalue weighted by molar-refractivity contribution is 7.09. The third-order valence-corrected chi connectivity index (χ3v) is 9.86. The number of thiazole rings is 1. The summed E-state index contributed by atoms with van der Waals surface area (Å²) < 4.78 is 12.1. The number of hydrogen-bond acceptors (Lipinski definition) is 9. The van der Waals surface area contributed by atoms with Crippen LogP contribution in [0.3, 0.4) is 0 Å². The minimum absolute atomic E-state index is 0.0803. The molecule has 2 fully saturated rings. The lowest BCUT2D eigenvalue weighted by molar-refractivity contribution is -0.155. The summed E-state index contributed by atoms with van der Waals surface area (Å²) >= 11 is 1.55. The van der Waals surface area contributed by atoms with E-state index >= 15 is 0 Å². The van der Waals surface area contributed by atoms with Gasteiger partial charge in [-0.3, -0.25) is 14.4 Å². The molecule has 0 aliphatic carbocycles. The Balaban J connectivity index is 1.83. The Hall–Kier alpha value is -2.14. The molecule has 0 unspecified atom stereocenters. The molecule has 1 amide bonds. The van der Waals surface area contributed by atoms with Crippen LogP contribution in [0, 0.1) is 24.2 Å².